The second-order valence-corrected chi connectivity index (χ2v) is 6.11. The molecular weight excluding hydrogens is 302 g/mol. The first-order chi connectivity index (χ1) is 10.7. The lowest BCUT2D eigenvalue weighted by Crippen LogP contribution is -2.11. The predicted octanol–water partition coefficient (Wildman–Crippen LogP) is 4.24. The van der Waals surface area contributed by atoms with Gasteiger partial charge in [0, 0.05) is 23.9 Å². The minimum Gasteiger partial charge on any atom is -0.493 e. The van der Waals surface area contributed by atoms with Crippen LogP contribution in [-0.4, -0.2) is 19.0 Å². The van der Waals surface area contributed by atoms with Gasteiger partial charge < -0.3 is 14.8 Å². The van der Waals surface area contributed by atoms with Crippen molar-refractivity contribution < 1.29 is 14.3 Å². The van der Waals surface area contributed by atoms with E-state index in [9.17, 15) is 4.79 Å². The van der Waals surface area contributed by atoms with Crippen molar-refractivity contribution in [2.75, 3.05) is 12.4 Å². The number of ether oxygens (including phenoxy) is 2. The van der Waals surface area contributed by atoms with Crippen LogP contribution >= 0.6 is 11.6 Å². The van der Waals surface area contributed by atoms with E-state index >= 15 is 0 Å². The van der Waals surface area contributed by atoms with Crippen molar-refractivity contribution >= 4 is 23.1 Å². The van der Waals surface area contributed by atoms with Crippen LogP contribution in [0.4, 0.5) is 5.69 Å². The zero-order valence-electron chi connectivity index (χ0n) is 12.7. The molecule has 0 radical (unpaired) electrons. The Hall–Kier alpha value is -1.68. The van der Waals surface area contributed by atoms with E-state index in [1.807, 2.05) is 18.2 Å². The lowest BCUT2D eigenvalue weighted by Gasteiger charge is -2.17. The summed E-state index contributed by atoms with van der Waals surface area (Å²) in [6.45, 7) is 0. The summed E-state index contributed by atoms with van der Waals surface area (Å²) in [6.07, 6.45) is 6.01. The molecule has 0 amide bonds. The number of halogens is 1. The Kier molecular flexibility index (Phi) is 4.57. The fraction of sp³-hybridized carbons (Fsp3) is 0.471. The van der Waals surface area contributed by atoms with Crippen LogP contribution in [0, 0.1) is 0 Å². The molecule has 1 saturated carbocycles. The van der Waals surface area contributed by atoms with Gasteiger partial charge in [0.25, 0.3) is 0 Å². The van der Waals surface area contributed by atoms with E-state index < -0.39 is 0 Å². The minimum absolute atomic E-state index is 0.0000995. The van der Waals surface area contributed by atoms with E-state index in [1.165, 1.54) is 12.8 Å². The molecule has 0 spiro atoms. The maximum absolute atomic E-state index is 11.5. The largest absolute Gasteiger partial charge is 0.493 e. The average molecular weight is 322 g/mol. The van der Waals surface area contributed by atoms with Crippen molar-refractivity contribution in [2.24, 2.45) is 0 Å². The van der Waals surface area contributed by atoms with Gasteiger partial charge in [-0.05, 0) is 44.2 Å². The fourth-order valence-electron chi connectivity index (χ4n) is 2.95. The average Bonchev–Trinajstić information content (AvgIpc) is 3.13. The number of nitrogens with one attached hydrogen (secondary N) is 1. The number of hydrogen-bond donors (Lipinski definition) is 1. The van der Waals surface area contributed by atoms with Crippen LogP contribution < -0.4 is 14.8 Å². The molecule has 0 atom stereocenters. The minimum atomic E-state index is 0.0000995. The normalized spacial score (nSPS) is 18.9. The molecule has 2 aliphatic carbocycles. The number of carbonyl (C=O) groups excluding carboxylic acids is 1. The molecule has 1 aromatic carbocycles. The Morgan fingerprint density at radius 2 is 1.95 bits per heavy atom. The molecule has 4 nitrogen and oxygen atoms in total. The SMILES string of the molecule is COc1ccc(NC2=C(Cl)C(=O)CC2)cc1OC1CCCC1. The van der Waals surface area contributed by atoms with Gasteiger partial charge >= 0.3 is 0 Å². The Labute approximate surface area is 135 Å². The lowest BCUT2D eigenvalue weighted by molar-refractivity contribution is -0.114. The Balaban J connectivity index is 1.79. The van der Waals surface area contributed by atoms with Gasteiger partial charge in [-0.15, -0.1) is 0 Å². The van der Waals surface area contributed by atoms with E-state index in [0.717, 1.165) is 35.7 Å². The summed E-state index contributed by atoms with van der Waals surface area (Å²) in [6, 6.07) is 5.69. The highest BCUT2D eigenvalue weighted by Gasteiger charge is 2.22. The number of ketones is 1. The summed E-state index contributed by atoms with van der Waals surface area (Å²) in [7, 11) is 1.64. The topological polar surface area (TPSA) is 47.6 Å². The van der Waals surface area contributed by atoms with Crippen LogP contribution in [0.2, 0.25) is 0 Å². The number of Topliss-reactive ketones (excluding diaryl/α,β-unsaturated/α-hetero) is 1. The van der Waals surface area contributed by atoms with Crippen molar-refractivity contribution in [3.8, 4) is 11.5 Å². The molecule has 2 aliphatic rings. The number of benzene rings is 1. The molecule has 0 aliphatic heterocycles. The summed E-state index contributed by atoms with van der Waals surface area (Å²) < 4.78 is 11.4. The highest BCUT2D eigenvalue weighted by molar-refractivity contribution is 6.43. The molecule has 118 valence electrons. The number of allylic oxidation sites excluding steroid dienone is 2. The van der Waals surface area contributed by atoms with Gasteiger partial charge in [-0.25, -0.2) is 0 Å². The van der Waals surface area contributed by atoms with E-state index in [4.69, 9.17) is 21.1 Å². The molecule has 1 fully saturated rings. The van der Waals surface area contributed by atoms with Gasteiger partial charge in [0.2, 0.25) is 0 Å². The van der Waals surface area contributed by atoms with E-state index in [1.54, 1.807) is 7.11 Å². The zero-order valence-corrected chi connectivity index (χ0v) is 13.4. The molecule has 1 N–H and O–H groups in total. The predicted molar refractivity (Wildman–Crippen MR) is 86.6 cm³/mol. The summed E-state index contributed by atoms with van der Waals surface area (Å²) in [4.78, 5) is 11.5. The van der Waals surface area contributed by atoms with Gasteiger partial charge in [0.1, 0.15) is 5.03 Å². The molecule has 5 heteroatoms. The fourth-order valence-corrected chi connectivity index (χ4v) is 3.19. The van der Waals surface area contributed by atoms with Gasteiger partial charge in [-0.3, -0.25) is 4.79 Å². The van der Waals surface area contributed by atoms with Crippen LogP contribution in [-0.2, 0) is 4.79 Å². The van der Waals surface area contributed by atoms with Crippen molar-refractivity contribution in [3.05, 3.63) is 28.9 Å². The van der Waals surface area contributed by atoms with Gasteiger partial charge in [-0.1, -0.05) is 11.6 Å². The summed E-state index contributed by atoms with van der Waals surface area (Å²) in [5.41, 5.74) is 1.64. The summed E-state index contributed by atoms with van der Waals surface area (Å²) >= 11 is 6.03. The van der Waals surface area contributed by atoms with E-state index in [-0.39, 0.29) is 11.9 Å². The van der Waals surface area contributed by atoms with Gasteiger partial charge in [0.05, 0.1) is 13.2 Å². The molecule has 0 unspecified atom stereocenters. The molecule has 0 saturated heterocycles. The molecular formula is C17H20ClNO3. The summed E-state index contributed by atoms with van der Waals surface area (Å²) in [5.74, 6) is 1.46. The molecule has 3 rings (SSSR count). The number of hydrogen-bond acceptors (Lipinski definition) is 4. The second kappa shape index (κ2) is 6.61. The first-order valence-electron chi connectivity index (χ1n) is 7.71. The number of carbonyl (C=O) groups is 1. The molecule has 22 heavy (non-hydrogen) atoms. The van der Waals surface area contributed by atoms with Crippen molar-refractivity contribution in [1.29, 1.82) is 0 Å². The number of methoxy groups -OCH3 is 1. The van der Waals surface area contributed by atoms with Crippen molar-refractivity contribution in [3.63, 3.8) is 0 Å². The molecule has 0 heterocycles. The number of rotatable bonds is 5. The van der Waals surface area contributed by atoms with Crippen molar-refractivity contribution in [2.45, 2.75) is 44.6 Å². The van der Waals surface area contributed by atoms with Gasteiger partial charge in [-0.2, -0.15) is 0 Å². The third-order valence-corrected chi connectivity index (χ3v) is 4.61. The molecule has 0 bridgehead atoms. The molecule has 0 aromatic heterocycles. The zero-order chi connectivity index (χ0) is 15.5. The monoisotopic (exact) mass is 321 g/mol. The Bertz CT molecular complexity index is 606. The highest BCUT2D eigenvalue weighted by atomic mass is 35.5. The first kappa shape index (κ1) is 15.2. The third kappa shape index (κ3) is 3.22. The van der Waals surface area contributed by atoms with Crippen molar-refractivity contribution in [1.82, 2.24) is 0 Å². The molecule has 1 aromatic rings. The third-order valence-electron chi connectivity index (χ3n) is 4.17. The number of anilines is 1. The maximum atomic E-state index is 11.5. The van der Waals surface area contributed by atoms with Crippen LogP contribution in [0.25, 0.3) is 0 Å². The van der Waals surface area contributed by atoms with Crippen LogP contribution in [0.15, 0.2) is 28.9 Å². The van der Waals surface area contributed by atoms with Gasteiger partial charge in [0.15, 0.2) is 17.3 Å². The van der Waals surface area contributed by atoms with Crippen LogP contribution in [0.3, 0.4) is 0 Å². The first-order valence-corrected chi connectivity index (χ1v) is 8.08. The Morgan fingerprint density at radius 3 is 2.59 bits per heavy atom. The smallest absolute Gasteiger partial charge is 0.176 e. The Morgan fingerprint density at radius 1 is 1.18 bits per heavy atom. The van der Waals surface area contributed by atoms with E-state index in [0.29, 0.717) is 17.9 Å². The van der Waals surface area contributed by atoms with Crippen LogP contribution in [0.1, 0.15) is 38.5 Å². The van der Waals surface area contributed by atoms with Crippen LogP contribution in [0.5, 0.6) is 11.5 Å². The van der Waals surface area contributed by atoms with E-state index in [2.05, 4.69) is 5.32 Å². The quantitative estimate of drug-likeness (QED) is 0.881. The second-order valence-electron chi connectivity index (χ2n) is 5.73. The highest BCUT2D eigenvalue weighted by Crippen LogP contribution is 2.35. The lowest BCUT2D eigenvalue weighted by atomic mass is 10.2. The standard InChI is InChI=1S/C17H20ClNO3/c1-21-15-9-6-11(19-13-7-8-14(20)17(13)18)10-16(15)22-12-4-2-3-5-12/h6,9-10,12,19H,2-5,7-8H2,1H3. The summed E-state index contributed by atoms with van der Waals surface area (Å²) in [5, 5.41) is 3.54. The maximum Gasteiger partial charge on any atom is 0.176 e.